The molecule has 0 saturated heterocycles. The Hall–Kier alpha value is -0.780. The lowest BCUT2D eigenvalue weighted by Crippen LogP contribution is -2.03. The molecule has 5 heteroatoms. The van der Waals surface area contributed by atoms with Crippen molar-refractivity contribution in [3.05, 3.63) is 56.4 Å². The number of nitrogens with zero attached hydrogens (tertiary/aromatic N) is 2. The zero-order chi connectivity index (χ0) is 15.0. The molecule has 0 N–H and O–H groups in total. The molecule has 0 bridgehead atoms. The summed E-state index contributed by atoms with van der Waals surface area (Å²) in [4.78, 5) is 4.72. The maximum atomic E-state index is 6.44. The van der Waals surface area contributed by atoms with Crippen molar-refractivity contribution in [2.24, 2.45) is 0 Å². The summed E-state index contributed by atoms with van der Waals surface area (Å²) in [5.41, 5.74) is 4.18. The Kier molecular flexibility index (Phi) is 4.43. The summed E-state index contributed by atoms with van der Waals surface area (Å²) in [6.45, 7) is 2.07. The Bertz CT molecular complexity index is 811. The average molecular weight is 431 g/mol. The average Bonchev–Trinajstić information content (AvgIpc) is 2.76. The molecule has 0 atom stereocenters. The number of benzene rings is 2. The molecule has 3 aromatic rings. The van der Waals surface area contributed by atoms with E-state index in [9.17, 15) is 0 Å². The van der Waals surface area contributed by atoms with Gasteiger partial charge >= 0.3 is 0 Å². The second-order valence-corrected chi connectivity index (χ2v) is 6.92. The van der Waals surface area contributed by atoms with Crippen molar-refractivity contribution < 1.29 is 0 Å². The fraction of sp³-hybridized carbons (Fsp3) is 0.188. The van der Waals surface area contributed by atoms with Gasteiger partial charge in [0.1, 0.15) is 5.82 Å². The van der Waals surface area contributed by atoms with Gasteiger partial charge in [-0.1, -0.05) is 17.7 Å². The van der Waals surface area contributed by atoms with Crippen LogP contribution in [0.1, 0.15) is 11.4 Å². The second kappa shape index (κ2) is 6.15. The molecule has 0 spiro atoms. The Morgan fingerprint density at radius 2 is 2.00 bits per heavy atom. The van der Waals surface area contributed by atoms with Gasteiger partial charge < -0.3 is 0 Å². The topological polar surface area (TPSA) is 17.8 Å². The van der Waals surface area contributed by atoms with Crippen molar-refractivity contribution in [2.75, 3.05) is 5.88 Å². The molecule has 0 aliphatic carbocycles. The van der Waals surface area contributed by atoms with Crippen molar-refractivity contribution in [2.45, 2.75) is 13.3 Å². The van der Waals surface area contributed by atoms with E-state index in [2.05, 4.69) is 52.3 Å². The smallest absolute Gasteiger partial charge is 0.115 e. The summed E-state index contributed by atoms with van der Waals surface area (Å²) >= 11 is 14.6. The van der Waals surface area contributed by atoms with Crippen LogP contribution in [0.4, 0.5) is 0 Å². The van der Waals surface area contributed by atoms with Crippen LogP contribution in [-0.2, 0) is 6.42 Å². The van der Waals surface area contributed by atoms with E-state index in [0.717, 1.165) is 31.1 Å². The van der Waals surface area contributed by atoms with E-state index in [1.165, 1.54) is 5.56 Å². The molecular formula is C16H13Cl2IN2. The van der Waals surface area contributed by atoms with Gasteiger partial charge in [-0.3, -0.25) is 4.57 Å². The highest BCUT2D eigenvalue weighted by Gasteiger charge is 2.14. The number of aryl methyl sites for hydroxylation is 2. The lowest BCUT2D eigenvalue weighted by Gasteiger charge is -2.11. The SMILES string of the molecule is Cc1ccc2c(c1)nc(CCCl)n2-c1ccc(I)cc1Cl. The summed E-state index contributed by atoms with van der Waals surface area (Å²) in [6.07, 6.45) is 0.706. The van der Waals surface area contributed by atoms with Crippen molar-refractivity contribution in [1.29, 1.82) is 0 Å². The maximum absolute atomic E-state index is 6.44. The first-order valence-electron chi connectivity index (χ1n) is 6.59. The second-order valence-electron chi connectivity index (χ2n) is 4.89. The van der Waals surface area contributed by atoms with Crippen molar-refractivity contribution in [3.8, 4) is 5.69 Å². The van der Waals surface area contributed by atoms with Gasteiger partial charge in [0, 0.05) is 15.9 Å². The first kappa shape index (κ1) is 15.1. The van der Waals surface area contributed by atoms with Crippen molar-refractivity contribution >= 4 is 56.8 Å². The lowest BCUT2D eigenvalue weighted by atomic mass is 10.2. The number of halogens is 3. The molecule has 2 aromatic carbocycles. The minimum absolute atomic E-state index is 0.532. The first-order valence-corrected chi connectivity index (χ1v) is 8.58. The molecule has 0 fully saturated rings. The molecule has 1 heterocycles. The molecule has 2 nitrogen and oxygen atoms in total. The number of rotatable bonds is 3. The third-order valence-corrected chi connectivity index (χ3v) is 4.51. The third-order valence-electron chi connectivity index (χ3n) is 3.35. The molecule has 0 unspecified atom stereocenters. The van der Waals surface area contributed by atoms with Gasteiger partial charge in [0.15, 0.2) is 0 Å². The van der Waals surface area contributed by atoms with Crippen LogP contribution in [0, 0.1) is 10.5 Å². The van der Waals surface area contributed by atoms with E-state index in [1.54, 1.807) is 0 Å². The Morgan fingerprint density at radius 1 is 1.19 bits per heavy atom. The minimum atomic E-state index is 0.532. The standard InChI is InChI=1S/C16H13Cl2IN2/c1-10-2-4-15-13(8-10)20-16(6-7-17)21(15)14-5-3-11(19)9-12(14)18/h2-5,8-9H,6-7H2,1H3. The van der Waals surface area contributed by atoms with Gasteiger partial charge in [0.05, 0.1) is 21.7 Å². The van der Waals surface area contributed by atoms with E-state index < -0.39 is 0 Å². The van der Waals surface area contributed by atoms with Crippen LogP contribution >= 0.6 is 45.8 Å². The lowest BCUT2D eigenvalue weighted by molar-refractivity contribution is 0.912. The van der Waals surface area contributed by atoms with E-state index in [0.29, 0.717) is 12.3 Å². The Morgan fingerprint density at radius 3 is 2.71 bits per heavy atom. The third kappa shape index (κ3) is 2.91. The monoisotopic (exact) mass is 430 g/mol. The van der Waals surface area contributed by atoms with E-state index >= 15 is 0 Å². The molecule has 0 saturated carbocycles. The van der Waals surface area contributed by atoms with Crippen molar-refractivity contribution in [1.82, 2.24) is 9.55 Å². The minimum Gasteiger partial charge on any atom is -0.295 e. The number of alkyl halides is 1. The van der Waals surface area contributed by atoms with Crippen LogP contribution in [-0.4, -0.2) is 15.4 Å². The van der Waals surface area contributed by atoms with Crippen LogP contribution in [0.3, 0.4) is 0 Å². The molecule has 0 aliphatic rings. The van der Waals surface area contributed by atoms with Crippen LogP contribution in [0.2, 0.25) is 5.02 Å². The molecule has 0 aliphatic heterocycles. The summed E-state index contributed by atoms with van der Waals surface area (Å²) in [6, 6.07) is 12.3. The molecule has 0 amide bonds. The highest BCUT2D eigenvalue weighted by atomic mass is 127. The van der Waals surface area contributed by atoms with Gasteiger partial charge in [-0.05, 0) is 65.4 Å². The van der Waals surface area contributed by atoms with Crippen LogP contribution in [0.15, 0.2) is 36.4 Å². The van der Waals surface area contributed by atoms with Gasteiger partial charge in [0.2, 0.25) is 0 Å². The van der Waals surface area contributed by atoms with Crippen molar-refractivity contribution in [3.63, 3.8) is 0 Å². The summed E-state index contributed by atoms with van der Waals surface area (Å²) < 4.78 is 3.22. The summed E-state index contributed by atoms with van der Waals surface area (Å²) in [5, 5.41) is 0.720. The van der Waals surface area contributed by atoms with Crippen LogP contribution < -0.4 is 0 Å². The first-order chi connectivity index (χ1) is 10.1. The van der Waals surface area contributed by atoms with E-state index in [4.69, 9.17) is 28.2 Å². The summed E-state index contributed by atoms with van der Waals surface area (Å²) in [7, 11) is 0. The predicted octanol–water partition coefficient (Wildman–Crippen LogP) is 5.37. The molecule has 21 heavy (non-hydrogen) atoms. The number of aromatic nitrogens is 2. The molecule has 3 rings (SSSR count). The molecule has 1 aromatic heterocycles. The fourth-order valence-electron chi connectivity index (χ4n) is 2.42. The van der Waals surface area contributed by atoms with E-state index in [-0.39, 0.29) is 0 Å². The number of hydrogen-bond donors (Lipinski definition) is 0. The maximum Gasteiger partial charge on any atom is 0.115 e. The zero-order valence-corrected chi connectivity index (χ0v) is 15.1. The van der Waals surface area contributed by atoms with Crippen LogP contribution in [0.25, 0.3) is 16.7 Å². The largest absolute Gasteiger partial charge is 0.295 e. The van der Waals surface area contributed by atoms with Gasteiger partial charge in [0.25, 0.3) is 0 Å². The highest BCUT2D eigenvalue weighted by Crippen LogP contribution is 2.29. The molecule has 0 radical (unpaired) electrons. The molecular weight excluding hydrogens is 418 g/mol. The molecule has 108 valence electrons. The van der Waals surface area contributed by atoms with Crippen LogP contribution in [0.5, 0.6) is 0 Å². The fourth-order valence-corrected chi connectivity index (χ4v) is 3.53. The quantitative estimate of drug-likeness (QED) is 0.403. The Labute approximate surface area is 147 Å². The number of hydrogen-bond acceptors (Lipinski definition) is 1. The number of fused-ring (bicyclic) bond motifs is 1. The normalized spacial score (nSPS) is 11.2. The van der Waals surface area contributed by atoms with Gasteiger partial charge in [-0.25, -0.2) is 4.98 Å². The highest BCUT2D eigenvalue weighted by molar-refractivity contribution is 14.1. The zero-order valence-electron chi connectivity index (χ0n) is 11.4. The Balaban J connectivity index is 2.30. The number of imidazole rings is 1. The van der Waals surface area contributed by atoms with Gasteiger partial charge in [-0.15, -0.1) is 11.6 Å². The van der Waals surface area contributed by atoms with Gasteiger partial charge in [-0.2, -0.15) is 0 Å². The van der Waals surface area contributed by atoms with E-state index in [1.807, 2.05) is 18.2 Å². The predicted molar refractivity (Wildman–Crippen MR) is 98.0 cm³/mol. The summed E-state index contributed by atoms with van der Waals surface area (Å²) in [5.74, 6) is 1.47.